The Balaban J connectivity index is 1.38. The summed E-state index contributed by atoms with van der Waals surface area (Å²) in [6, 6.07) is 10.1. The lowest BCUT2D eigenvalue weighted by atomic mass is 9.98. The third-order valence-electron chi connectivity index (χ3n) is 7.42. The van der Waals surface area contributed by atoms with Crippen molar-refractivity contribution in [3.8, 4) is 22.4 Å². The van der Waals surface area contributed by atoms with E-state index in [1.54, 1.807) is 13.1 Å². The molecule has 1 aromatic carbocycles. The van der Waals surface area contributed by atoms with Crippen LogP contribution in [0.2, 0.25) is 0 Å². The molecule has 2 saturated carbocycles. The number of pyridine rings is 1. The first-order chi connectivity index (χ1) is 16.6. The molecular formula is C27H29N5O2. The van der Waals surface area contributed by atoms with E-state index in [0.29, 0.717) is 29.9 Å². The van der Waals surface area contributed by atoms with E-state index in [1.165, 1.54) is 25.7 Å². The average Bonchev–Trinajstić information content (AvgIpc) is 3.23. The number of hydrogen-bond donors (Lipinski definition) is 1. The van der Waals surface area contributed by atoms with E-state index in [-0.39, 0.29) is 11.8 Å². The van der Waals surface area contributed by atoms with Crippen LogP contribution in [0.15, 0.2) is 42.7 Å². The van der Waals surface area contributed by atoms with Crippen LogP contribution in [0.3, 0.4) is 0 Å². The molecule has 2 fully saturated rings. The van der Waals surface area contributed by atoms with Gasteiger partial charge in [0.25, 0.3) is 11.8 Å². The minimum atomic E-state index is -0.234. The van der Waals surface area contributed by atoms with Gasteiger partial charge in [-0.3, -0.25) is 14.3 Å². The second-order valence-corrected chi connectivity index (χ2v) is 9.81. The van der Waals surface area contributed by atoms with Gasteiger partial charge in [0.1, 0.15) is 5.69 Å². The minimum absolute atomic E-state index is 0.104. The molecule has 3 heterocycles. The summed E-state index contributed by atoms with van der Waals surface area (Å²) in [5, 5.41) is 7.28. The maximum atomic E-state index is 13.0. The monoisotopic (exact) mass is 455 g/mol. The van der Waals surface area contributed by atoms with Gasteiger partial charge in [-0.05, 0) is 55.4 Å². The van der Waals surface area contributed by atoms with Crippen molar-refractivity contribution in [3.63, 3.8) is 0 Å². The van der Waals surface area contributed by atoms with E-state index < -0.39 is 0 Å². The zero-order valence-electron chi connectivity index (χ0n) is 19.5. The average molecular weight is 456 g/mol. The Kier molecular flexibility index (Phi) is 5.20. The van der Waals surface area contributed by atoms with Gasteiger partial charge in [-0.1, -0.05) is 25.0 Å². The Morgan fingerprint density at radius 1 is 1.06 bits per heavy atom. The van der Waals surface area contributed by atoms with Crippen LogP contribution in [0.5, 0.6) is 0 Å². The SMILES string of the molecule is CNC(=O)c1ccc(-c2cnn(CC3CCCC3)c2)c(-c2ccc3c(c2)C(=O)N(C2CC2)C3)n1. The molecule has 174 valence electrons. The summed E-state index contributed by atoms with van der Waals surface area (Å²) in [5.41, 5.74) is 5.58. The Morgan fingerprint density at radius 3 is 2.65 bits per heavy atom. The maximum absolute atomic E-state index is 13.0. The maximum Gasteiger partial charge on any atom is 0.269 e. The number of aromatic nitrogens is 3. The van der Waals surface area contributed by atoms with Crippen LogP contribution in [0.4, 0.5) is 0 Å². The third kappa shape index (κ3) is 3.79. The first-order valence-corrected chi connectivity index (χ1v) is 12.3. The summed E-state index contributed by atoms with van der Waals surface area (Å²) in [5.74, 6) is 0.563. The molecule has 3 aromatic rings. The number of nitrogens with one attached hydrogen (secondary N) is 1. The molecular weight excluding hydrogens is 426 g/mol. The van der Waals surface area contributed by atoms with Gasteiger partial charge in [0.2, 0.25) is 0 Å². The number of nitrogens with zero attached hydrogens (tertiary/aromatic N) is 4. The standard InChI is InChI=1S/C27H29N5O2/c1-28-26(33)24-11-10-22(20-13-29-31(15-20)14-17-4-2-3-5-17)25(30-24)18-6-7-19-16-32(21-8-9-21)27(34)23(19)12-18/h6-7,10-13,15,17,21H,2-5,8-9,14,16H2,1H3,(H,28,33). The van der Waals surface area contributed by atoms with Crippen LogP contribution in [0.1, 0.15) is 64.9 Å². The first-order valence-electron chi connectivity index (χ1n) is 12.3. The molecule has 7 heteroatoms. The molecule has 0 radical (unpaired) electrons. The van der Waals surface area contributed by atoms with Crippen LogP contribution in [-0.4, -0.2) is 44.6 Å². The van der Waals surface area contributed by atoms with Crippen LogP contribution < -0.4 is 5.32 Å². The van der Waals surface area contributed by atoms with Gasteiger partial charge in [-0.15, -0.1) is 0 Å². The summed E-state index contributed by atoms with van der Waals surface area (Å²) in [6.45, 7) is 1.62. The molecule has 0 atom stereocenters. The van der Waals surface area contributed by atoms with E-state index in [0.717, 1.165) is 47.2 Å². The summed E-state index contributed by atoms with van der Waals surface area (Å²) in [4.78, 5) is 32.1. The Labute approximate surface area is 199 Å². The lowest BCUT2D eigenvalue weighted by Gasteiger charge is -2.13. The minimum Gasteiger partial charge on any atom is -0.354 e. The van der Waals surface area contributed by atoms with Gasteiger partial charge in [0.05, 0.1) is 11.9 Å². The fourth-order valence-electron chi connectivity index (χ4n) is 5.38. The van der Waals surface area contributed by atoms with Gasteiger partial charge in [0.15, 0.2) is 0 Å². The highest BCUT2D eigenvalue weighted by Gasteiger charge is 2.38. The van der Waals surface area contributed by atoms with E-state index in [2.05, 4.69) is 16.6 Å². The molecule has 7 nitrogen and oxygen atoms in total. The summed E-state index contributed by atoms with van der Waals surface area (Å²) in [6.07, 6.45) is 11.3. The largest absolute Gasteiger partial charge is 0.354 e. The highest BCUT2D eigenvalue weighted by atomic mass is 16.2. The van der Waals surface area contributed by atoms with Crippen molar-refractivity contribution in [2.24, 2.45) is 5.92 Å². The van der Waals surface area contributed by atoms with Crippen molar-refractivity contribution in [1.29, 1.82) is 0 Å². The van der Waals surface area contributed by atoms with Crippen molar-refractivity contribution < 1.29 is 9.59 Å². The highest BCUT2D eigenvalue weighted by molar-refractivity contribution is 6.00. The lowest BCUT2D eigenvalue weighted by Crippen LogP contribution is -2.25. The normalized spacial score (nSPS) is 17.9. The summed E-state index contributed by atoms with van der Waals surface area (Å²) >= 11 is 0. The van der Waals surface area contributed by atoms with E-state index >= 15 is 0 Å². The quantitative estimate of drug-likeness (QED) is 0.602. The molecule has 0 unspecified atom stereocenters. The number of benzene rings is 1. The topological polar surface area (TPSA) is 80.1 Å². The second-order valence-electron chi connectivity index (χ2n) is 9.81. The molecule has 3 aliphatic rings. The second kappa shape index (κ2) is 8.38. The van der Waals surface area contributed by atoms with Crippen molar-refractivity contribution in [2.75, 3.05) is 7.05 Å². The predicted octanol–water partition coefficient (Wildman–Crippen LogP) is 4.28. The highest BCUT2D eigenvalue weighted by Crippen LogP contribution is 2.38. The molecule has 1 N–H and O–H groups in total. The zero-order valence-corrected chi connectivity index (χ0v) is 19.5. The van der Waals surface area contributed by atoms with E-state index in [1.807, 2.05) is 40.0 Å². The summed E-state index contributed by atoms with van der Waals surface area (Å²) in [7, 11) is 1.60. The van der Waals surface area contributed by atoms with Crippen LogP contribution >= 0.6 is 0 Å². The van der Waals surface area contributed by atoms with E-state index in [4.69, 9.17) is 4.98 Å². The smallest absolute Gasteiger partial charge is 0.269 e. The number of carbonyl (C=O) groups excluding carboxylic acids is 2. The predicted molar refractivity (Wildman–Crippen MR) is 129 cm³/mol. The molecule has 0 bridgehead atoms. The van der Waals surface area contributed by atoms with Gasteiger partial charge in [-0.25, -0.2) is 4.98 Å². The molecule has 2 aliphatic carbocycles. The molecule has 2 amide bonds. The molecule has 0 spiro atoms. The van der Waals surface area contributed by atoms with Gasteiger partial charge in [0, 0.05) is 54.6 Å². The number of rotatable bonds is 6. The molecule has 1 aliphatic heterocycles. The number of hydrogen-bond acceptors (Lipinski definition) is 4. The van der Waals surface area contributed by atoms with Crippen LogP contribution in [0.25, 0.3) is 22.4 Å². The third-order valence-corrected chi connectivity index (χ3v) is 7.42. The van der Waals surface area contributed by atoms with Gasteiger partial charge in [-0.2, -0.15) is 5.10 Å². The first kappa shape index (κ1) is 21.1. The van der Waals surface area contributed by atoms with Crippen molar-refractivity contribution in [3.05, 3.63) is 59.5 Å². The molecule has 34 heavy (non-hydrogen) atoms. The molecule has 6 rings (SSSR count). The van der Waals surface area contributed by atoms with Crippen molar-refractivity contribution in [2.45, 2.75) is 57.7 Å². The summed E-state index contributed by atoms with van der Waals surface area (Å²) < 4.78 is 2.03. The van der Waals surface area contributed by atoms with Gasteiger partial charge >= 0.3 is 0 Å². The number of carbonyl (C=O) groups is 2. The van der Waals surface area contributed by atoms with Crippen molar-refractivity contribution in [1.82, 2.24) is 25.0 Å². The Morgan fingerprint density at radius 2 is 1.88 bits per heavy atom. The number of fused-ring (bicyclic) bond motifs is 1. The number of amides is 2. The van der Waals surface area contributed by atoms with Gasteiger partial charge < -0.3 is 10.2 Å². The molecule has 2 aromatic heterocycles. The Hall–Kier alpha value is -3.48. The van der Waals surface area contributed by atoms with E-state index in [9.17, 15) is 9.59 Å². The van der Waals surface area contributed by atoms with Crippen molar-refractivity contribution >= 4 is 11.8 Å². The Bertz CT molecular complexity index is 1270. The fourth-order valence-corrected chi connectivity index (χ4v) is 5.38. The van der Waals surface area contributed by atoms with Crippen LogP contribution in [0, 0.1) is 5.92 Å². The van der Waals surface area contributed by atoms with Crippen LogP contribution in [-0.2, 0) is 13.1 Å². The zero-order chi connectivity index (χ0) is 23.2. The lowest BCUT2D eigenvalue weighted by molar-refractivity contribution is 0.0766. The molecule has 0 saturated heterocycles. The fraction of sp³-hybridized carbons (Fsp3) is 0.407.